The first-order valence-corrected chi connectivity index (χ1v) is 7.66. The number of halogens is 2. The van der Waals surface area contributed by atoms with Gasteiger partial charge in [-0.1, -0.05) is 46.3 Å². The molecule has 5 heteroatoms. The molecule has 2 aromatic carbocycles. The van der Waals surface area contributed by atoms with Crippen molar-refractivity contribution in [3.05, 3.63) is 66.0 Å². The van der Waals surface area contributed by atoms with Gasteiger partial charge in [0.05, 0.1) is 4.90 Å². The van der Waals surface area contributed by atoms with Gasteiger partial charge in [-0.2, -0.15) is 0 Å². The normalized spacial score (nSPS) is 13.2. The third kappa shape index (κ3) is 2.62. The third-order valence-electron chi connectivity index (χ3n) is 2.48. The Morgan fingerprint density at radius 1 is 0.944 bits per heavy atom. The van der Waals surface area contributed by atoms with E-state index in [4.69, 9.17) is 0 Å². The second kappa shape index (κ2) is 5.20. The number of benzene rings is 2. The maximum atomic E-state index is 12.8. The van der Waals surface area contributed by atoms with Crippen LogP contribution in [-0.4, -0.2) is 8.42 Å². The molecule has 0 heterocycles. The molecule has 0 radical (unpaired) electrons. The van der Waals surface area contributed by atoms with Gasteiger partial charge < -0.3 is 0 Å². The number of alkyl halides is 1. The first kappa shape index (κ1) is 13.2. The van der Waals surface area contributed by atoms with Crippen LogP contribution in [0, 0.1) is 5.82 Å². The molecule has 0 amide bonds. The predicted molar refractivity (Wildman–Crippen MR) is 71.7 cm³/mol. The van der Waals surface area contributed by atoms with Crippen LogP contribution >= 0.6 is 15.9 Å². The van der Waals surface area contributed by atoms with Crippen LogP contribution in [0.15, 0.2) is 59.5 Å². The van der Waals surface area contributed by atoms with E-state index < -0.39 is 19.8 Å². The van der Waals surface area contributed by atoms with Crippen molar-refractivity contribution in [3.8, 4) is 0 Å². The van der Waals surface area contributed by atoms with Gasteiger partial charge in [0.25, 0.3) is 0 Å². The zero-order valence-corrected chi connectivity index (χ0v) is 11.7. The number of sulfone groups is 1. The standard InChI is InChI=1S/C13H10BrFO2S/c14-13(10-6-8-11(15)9-7-10)18(16,17)12-4-2-1-3-5-12/h1-9,13H/t13-/m1/s1. The minimum Gasteiger partial charge on any atom is -0.222 e. The van der Waals surface area contributed by atoms with Gasteiger partial charge in [-0.3, -0.25) is 0 Å². The van der Waals surface area contributed by atoms with E-state index in [0.717, 1.165) is 0 Å². The van der Waals surface area contributed by atoms with Crippen LogP contribution < -0.4 is 0 Å². The van der Waals surface area contributed by atoms with Crippen molar-refractivity contribution in [2.24, 2.45) is 0 Å². The van der Waals surface area contributed by atoms with Crippen molar-refractivity contribution < 1.29 is 12.8 Å². The summed E-state index contributed by atoms with van der Waals surface area (Å²) < 4.78 is 36.5. The Kier molecular flexibility index (Phi) is 3.82. The smallest absolute Gasteiger partial charge is 0.195 e. The fourth-order valence-corrected chi connectivity index (χ4v) is 3.77. The lowest BCUT2D eigenvalue weighted by Crippen LogP contribution is -2.08. The van der Waals surface area contributed by atoms with Crippen LogP contribution in [0.4, 0.5) is 4.39 Å². The molecule has 18 heavy (non-hydrogen) atoms. The molecule has 2 nitrogen and oxygen atoms in total. The summed E-state index contributed by atoms with van der Waals surface area (Å²) >= 11 is 3.16. The molecule has 0 bridgehead atoms. The lowest BCUT2D eigenvalue weighted by atomic mass is 10.2. The zero-order valence-electron chi connectivity index (χ0n) is 9.25. The average Bonchev–Trinajstić information content (AvgIpc) is 2.40. The van der Waals surface area contributed by atoms with Crippen LogP contribution in [0.3, 0.4) is 0 Å². The molecule has 0 N–H and O–H groups in total. The van der Waals surface area contributed by atoms with Crippen LogP contribution in [0.5, 0.6) is 0 Å². The van der Waals surface area contributed by atoms with Gasteiger partial charge >= 0.3 is 0 Å². The molecule has 94 valence electrons. The monoisotopic (exact) mass is 328 g/mol. The summed E-state index contributed by atoms with van der Waals surface area (Å²) in [4.78, 5) is 0.233. The topological polar surface area (TPSA) is 34.1 Å². The van der Waals surface area contributed by atoms with Gasteiger partial charge in [-0.25, -0.2) is 12.8 Å². The highest BCUT2D eigenvalue weighted by atomic mass is 79.9. The molecule has 0 aliphatic carbocycles. The molecule has 0 unspecified atom stereocenters. The highest BCUT2D eigenvalue weighted by Crippen LogP contribution is 2.33. The van der Waals surface area contributed by atoms with Crippen LogP contribution in [0.1, 0.15) is 9.72 Å². The summed E-state index contributed by atoms with van der Waals surface area (Å²) in [7, 11) is -3.51. The average molecular weight is 329 g/mol. The molecule has 0 fully saturated rings. The number of hydrogen-bond acceptors (Lipinski definition) is 2. The SMILES string of the molecule is O=S(=O)(c1ccccc1)[C@@H](Br)c1ccc(F)cc1. The summed E-state index contributed by atoms with van der Waals surface area (Å²) in [5.41, 5.74) is 0.500. The molecule has 0 spiro atoms. The summed E-state index contributed by atoms with van der Waals surface area (Å²) in [5, 5.41) is 0. The van der Waals surface area contributed by atoms with Gasteiger partial charge in [0.1, 0.15) is 9.98 Å². The molecule has 1 atom stereocenters. The zero-order chi connectivity index (χ0) is 13.2. The minimum atomic E-state index is -3.51. The molecular weight excluding hydrogens is 319 g/mol. The Hall–Kier alpha value is -1.20. The Balaban J connectivity index is 2.39. The largest absolute Gasteiger partial charge is 0.222 e. The first-order valence-electron chi connectivity index (χ1n) is 5.20. The second-order valence-corrected chi connectivity index (χ2v) is 7.28. The fourth-order valence-electron chi connectivity index (χ4n) is 1.52. The lowest BCUT2D eigenvalue weighted by molar-refractivity contribution is 0.594. The molecular formula is C13H10BrFO2S. The summed E-state index contributed by atoms with van der Waals surface area (Å²) in [5.74, 6) is -0.393. The summed E-state index contributed by atoms with van der Waals surface area (Å²) in [6.45, 7) is 0. The van der Waals surface area contributed by atoms with Gasteiger partial charge in [0, 0.05) is 0 Å². The summed E-state index contributed by atoms with van der Waals surface area (Å²) in [6.07, 6.45) is 0. The molecule has 0 saturated carbocycles. The maximum absolute atomic E-state index is 12.8. The molecule has 2 rings (SSSR count). The van der Waals surface area contributed by atoms with E-state index >= 15 is 0 Å². The van der Waals surface area contributed by atoms with E-state index in [9.17, 15) is 12.8 Å². The Bertz CT molecular complexity index is 624. The molecule has 0 aliphatic rings. The van der Waals surface area contributed by atoms with Gasteiger partial charge in [0.2, 0.25) is 0 Å². The van der Waals surface area contributed by atoms with E-state index in [1.807, 2.05) is 0 Å². The highest BCUT2D eigenvalue weighted by molar-refractivity contribution is 9.10. The van der Waals surface area contributed by atoms with Crippen molar-refractivity contribution in [3.63, 3.8) is 0 Å². The van der Waals surface area contributed by atoms with E-state index in [-0.39, 0.29) is 4.90 Å². The van der Waals surface area contributed by atoms with Gasteiger partial charge in [0.15, 0.2) is 9.84 Å². The highest BCUT2D eigenvalue weighted by Gasteiger charge is 2.26. The minimum absolute atomic E-state index is 0.233. The quantitative estimate of drug-likeness (QED) is 0.805. The predicted octanol–water partition coefficient (Wildman–Crippen LogP) is 3.69. The third-order valence-corrected chi connectivity index (χ3v) is 6.23. The van der Waals surface area contributed by atoms with Crippen molar-refractivity contribution >= 4 is 25.8 Å². The van der Waals surface area contributed by atoms with E-state index in [2.05, 4.69) is 15.9 Å². The molecule has 0 saturated heterocycles. The van der Waals surface area contributed by atoms with Crippen molar-refractivity contribution in [2.45, 2.75) is 9.05 Å². The Labute approximate surface area is 114 Å². The van der Waals surface area contributed by atoms with Crippen LogP contribution in [0.25, 0.3) is 0 Å². The van der Waals surface area contributed by atoms with Crippen molar-refractivity contribution in [1.29, 1.82) is 0 Å². The molecule has 0 aliphatic heterocycles. The van der Waals surface area contributed by atoms with Crippen LogP contribution in [-0.2, 0) is 9.84 Å². The molecule has 0 aromatic heterocycles. The number of hydrogen-bond donors (Lipinski definition) is 0. The number of rotatable bonds is 3. The molecule has 2 aromatic rings. The van der Waals surface area contributed by atoms with Crippen LogP contribution in [0.2, 0.25) is 0 Å². The van der Waals surface area contributed by atoms with E-state index in [1.54, 1.807) is 18.2 Å². The van der Waals surface area contributed by atoms with Crippen molar-refractivity contribution in [1.82, 2.24) is 0 Å². The second-order valence-electron chi connectivity index (χ2n) is 3.73. The van der Waals surface area contributed by atoms with E-state index in [0.29, 0.717) is 5.56 Å². The maximum Gasteiger partial charge on any atom is 0.195 e. The Morgan fingerprint density at radius 2 is 1.50 bits per heavy atom. The fraction of sp³-hybridized carbons (Fsp3) is 0.0769. The Morgan fingerprint density at radius 3 is 2.06 bits per heavy atom. The summed E-state index contributed by atoms with van der Waals surface area (Å²) in [6, 6.07) is 13.5. The van der Waals surface area contributed by atoms with E-state index in [1.165, 1.54) is 36.4 Å². The lowest BCUT2D eigenvalue weighted by Gasteiger charge is -2.11. The van der Waals surface area contributed by atoms with Gasteiger partial charge in [-0.15, -0.1) is 0 Å². The first-order chi connectivity index (χ1) is 8.51. The van der Waals surface area contributed by atoms with Crippen molar-refractivity contribution in [2.75, 3.05) is 0 Å². The van der Waals surface area contributed by atoms with Gasteiger partial charge in [-0.05, 0) is 29.8 Å².